The van der Waals surface area contributed by atoms with Crippen LogP contribution in [0.25, 0.3) is 0 Å². The van der Waals surface area contributed by atoms with Crippen molar-refractivity contribution in [2.45, 2.75) is 17.9 Å². The fraction of sp³-hybridized carbons (Fsp3) is 0.250. The van der Waals surface area contributed by atoms with Gasteiger partial charge in [0.1, 0.15) is 0 Å². The standard InChI is InChI=1S/C8H11BrN2O2S/c1-5(10)7-3-2-6(4-8(7)9)14(11,12)13/h2-5H,10H2,1H3,(H2,11,12,13)/t5-/m1/s1. The number of primary sulfonamides is 1. The summed E-state index contributed by atoms with van der Waals surface area (Å²) in [5, 5.41) is 4.97. The molecule has 0 heterocycles. The van der Waals surface area contributed by atoms with Crippen molar-refractivity contribution in [1.29, 1.82) is 0 Å². The van der Waals surface area contributed by atoms with Gasteiger partial charge in [0.15, 0.2) is 0 Å². The summed E-state index contributed by atoms with van der Waals surface area (Å²) < 4.78 is 22.6. The molecule has 4 N–H and O–H groups in total. The Bertz CT molecular complexity index is 443. The van der Waals surface area contributed by atoms with Crippen LogP contribution in [-0.4, -0.2) is 8.42 Å². The molecule has 6 heteroatoms. The molecule has 4 nitrogen and oxygen atoms in total. The van der Waals surface area contributed by atoms with E-state index in [4.69, 9.17) is 10.9 Å². The molecule has 0 unspecified atom stereocenters. The van der Waals surface area contributed by atoms with Crippen LogP contribution >= 0.6 is 15.9 Å². The Kier molecular flexibility index (Phi) is 3.31. The second kappa shape index (κ2) is 3.98. The lowest BCUT2D eigenvalue weighted by molar-refractivity contribution is 0.597. The predicted octanol–water partition coefficient (Wildman–Crippen LogP) is 1.12. The highest BCUT2D eigenvalue weighted by molar-refractivity contribution is 9.10. The molecule has 0 saturated carbocycles. The van der Waals surface area contributed by atoms with Gasteiger partial charge in [-0.3, -0.25) is 0 Å². The number of nitrogens with two attached hydrogens (primary N) is 2. The Morgan fingerprint density at radius 1 is 1.43 bits per heavy atom. The summed E-state index contributed by atoms with van der Waals surface area (Å²) >= 11 is 3.24. The van der Waals surface area contributed by atoms with E-state index in [1.54, 1.807) is 6.07 Å². The number of benzene rings is 1. The third-order valence-corrected chi connectivity index (χ3v) is 3.39. The van der Waals surface area contributed by atoms with E-state index in [9.17, 15) is 8.42 Å². The van der Waals surface area contributed by atoms with Crippen molar-refractivity contribution in [3.05, 3.63) is 28.2 Å². The Balaban J connectivity index is 3.27. The Labute approximate surface area is 91.5 Å². The molecular weight excluding hydrogens is 268 g/mol. The summed E-state index contributed by atoms with van der Waals surface area (Å²) in [4.78, 5) is 0.0776. The normalized spacial score (nSPS) is 14.0. The zero-order valence-electron chi connectivity index (χ0n) is 7.57. The molecule has 0 aromatic heterocycles. The zero-order valence-corrected chi connectivity index (χ0v) is 9.97. The molecule has 0 radical (unpaired) electrons. The lowest BCUT2D eigenvalue weighted by Crippen LogP contribution is -2.13. The highest BCUT2D eigenvalue weighted by Gasteiger charge is 2.11. The van der Waals surface area contributed by atoms with E-state index < -0.39 is 10.0 Å². The fourth-order valence-corrected chi connectivity index (χ4v) is 2.49. The van der Waals surface area contributed by atoms with Crippen molar-refractivity contribution in [2.75, 3.05) is 0 Å². The minimum absolute atomic E-state index is 0.0776. The van der Waals surface area contributed by atoms with Gasteiger partial charge in [-0.05, 0) is 24.6 Å². The molecule has 1 aromatic carbocycles. The van der Waals surface area contributed by atoms with Crippen molar-refractivity contribution < 1.29 is 8.42 Å². The van der Waals surface area contributed by atoms with Gasteiger partial charge >= 0.3 is 0 Å². The Hall–Kier alpha value is -0.430. The second-order valence-electron chi connectivity index (χ2n) is 3.02. The molecule has 0 aliphatic heterocycles. The number of hydrogen-bond acceptors (Lipinski definition) is 3. The van der Waals surface area contributed by atoms with Crippen LogP contribution in [0, 0.1) is 0 Å². The van der Waals surface area contributed by atoms with E-state index in [2.05, 4.69) is 15.9 Å². The molecule has 0 saturated heterocycles. The molecule has 0 aliphatic rings. The molecule has 78 valence electrons. The van der Waals surface area contributed by atoms with Crippen LogP contribution in [0.4, 0.5) is 0 Å². The van der Waals surface area contributed by atoms with Crippen LogP contribution in [-0.2, 0) is 10.0 Å². The summed E-state index contributed by atoms with van der Waals surface area (Å²) in [6.07, 6.45) is 0. The van der Waals surface area contributed by atoms with Crippen molar-refractivity contribution in [1.82, 2.24) is 0 Å². The maximum absolute atomic E-state index is 11.0. The highest BCUT2D eigenvalue weighted by Crippen LogP contribution is 2.24. The average molecular weight is 279 g/mol. The van der Waals surface area contributed by atoms with Crippen LogP contribution in [0.3, 0.4) is 0 Å². The molecule has 14 heavy (non-hydrogen) atoms. The largest absolute Gasteiger partial charge is 0.324 e. The molecule has 1 atom stereocenters. The predicted molar refractivity (Wildman–Crippen MR) is 58.1 cm³/mol. The maximum atomic E-state index is 11.0. The molecule has 0 amide bonds. The van der Waals surface area contributed by atoms with E-state index in [1.165, 1.54) is 12.1 Å². The topological polar surface area (TPSA) is 86.2 Å². The molecule has 0 aliphatic carbocycles. The Morgan fingerprint density at radius 3 is 2.36 bits per heavy atom. The zero-order chi connectivity index (χ0) is 10.9. The van der Waals surface area contributed by atoms with E-state index >= 15 is 0 Å². The van der Waals surface area contributed by atoms with Crippen LogP contribution < -0.4 is 10.9 Å². The van der Waals surface area contributed by atoms with Gasteiger partial charge in [-0.1, -0.05) is 22.0 Å². The monoisotopic (exact) mass is 278 g/mol. The first-order chi connectivity index (χ1) is 6.32. The van der Waals surface area contributed by atoms with Gasteiger partial charge in [-0.2, -0.15) is 0 Å². The van der Waals surface area contributed by atoms with Crippen LogP contribution in [0.15, 0.2) is 27.6 Å². The second-order valence-corrected chi connectivity index (χ2v) is 5.43. The Morgan fingerprint density at radius 2 is 2.00 bits per heavy atom. The molecular formula is C8H11BrN2O2S. The van der Waals surface area contributed by atoms with E-state index in [0.717, 1.165) is 5.56 Å². The first-order valence-corrected chi connectivity index (χ1v) is 6.24. The molecule has 0 bridgehead atoms. The fourth-order valence-electron chi connectivity index (χ4n) is 1.05. The van der Waals surface area contributed by atoms with Crippen molar-refractivity contribution in [2.24, 2.45) is 10.9 Å². The van der Waals surface area contributed by atoms with Crippen LogP contribution in [0.5, 0.6) is 0 Å². The molecule has 0 fully saturated rings. The number of halogens is 1. The highest BCUT2D eigenvalue weighted by atomic mass is 79.9. The summed E-state index contributed by atoms with van der Waals surface area (Å²) in [5.74, 6) is 0. The lowest BCUT2D eigenvalue weighted by atomic mass is 10.1. The minimum Gasteiger partial charge on any atom is -0.324 e. The van der Waals surface area contributed by atoms with Gasteiger partial charge in [-0.25, -0.2) is 13.6 Å². The van der Waals surface area contributed by atoms with Gasteiger partial charge in [0.25, 0.3) is 0 Å². The summed E-state index contributed by atoms with van der Waals surface area (Å²) in [7, 11) is -3.64. The van der Waals surface area contributed by atoms with E-state index in [0.29, 0.717) is 4.47 Å². The molecule has 1 rings (SSSR count). The number of hydrogen-bond donors (Lipinski definition) is 2. The summed E-state index contributed by atoms with van der Waals surface area (Å²) in [6, 6.07) is 4.39. The molecule has 1 aromatic rings. The number of sulfonamides is 1. The van der Waals surface area contributed by atoms with Crippen molar-refractivity contribution in [3.63, 3.8) is 0 Å². The summed E-state index contributed by atoms with van der Waals surface area (Å²) in [5.41, 5.74) is 6.51. The minimum atomic E-state index is -3.64. The van der Waals surface area contributed by atoms with Crippen molar-refractivity contribution in [3.8, 4) is 0 Å². The van der Waals surface area contributed by atoms with Crippen molar-refractivity contribution >= 4 is 26.0 Å². The van der Waals surface area contributed by atoms with Gasteiger partial charge < -0.3 is 5.73 Å². The van der Waals surface area contributed by atoms with E-state index in [-0.39, 0.29) is 10.9 Å². The molecule has 0 spiro atoms. The number of rotatable bonds is 2. The van der Waals surface area contributed by atoms with Gasteiger partial charge in [-0.15, -0.1) is 0 Å². The van der Waals surface area contributed by atoms with Gasteiger partial charge in [0, 0.05) is 10.5 Å². The smallest absolute Gasteiger partial charge is 0.238 e. The first-order valence-electron chi connectivity index (χ1n) is 3.90. The lowest BCUT2D eigenvalue weighted by Gasteiger charge is -2.09. The quantitative estimate of drug-likeness (QED) is 0.850. The third-order valence-electron chi connectivity index (χ3n) is 1.79. The SMILES string of the molecule is C[C@@H](N)c1ccc(S(N)(=O)=O)cc1Br. The first kappa shape index (κ1) is 11.6. The summed E-state index contributed by atoms with van der Waals surface area (Å²) in [6.45, 7) is 1.82. The maximum Gasteiger partial charge on any atom is 0.238 e. The average Bonchev–Trinajstić information content (AvgIpc) is 2.01. The third kappa shape index (κ3) is 2.54. The van der Waals surface area contributed by atoms with Crippen LogP contribution in [0.1, 0.15) is 18.5 Å². The van der Waals surface area contributed by atoms with Gasteiger partial charge in [0.05, 0.1) is 4.90 Å². The van der Waals surface area contributed by atoms with E-state index in [1.807, 2.05) is 6.92 Å². The van der Waals surface area contributed by atoms with Gasteiger partial charge in [0.2, 0.25) is 10.0 Å². The van der Waals surface area contributed by atoms with Crippen LogP contribution in [0.2, 0.25) is 0 Å².